The van der Waals surface area contributed by atoms with E-state index in [1.807, 2.05) is 30.3 Å². The number of rotatable bonds is 4. The zero-order valence-electron chi connectivity index (χ0n) is 13.0. The smallest absolute Gasteiger partial charge is 0.256 e. The molecule has 0 aliphatic carbocycles. The van der Waals surface area contributed by atoms with Gasteiger partial charge in [-0.3, -0.25) is 14.2 Å². The lowest BCUT2D eigenvalue weighted by Gasteiger charge is -2.26. The average molecular weight is 419 g/mol. The van der Waals surface area contributed by atoms with E-state index in [0.29, 0.717) is 5.69 Å². The lowest BCUT2D eigenvalue weighted by molar-refractivity contribution is -0.117. The van der Waals surface area contributed by atoms with E-state index in [1.54, 1.807) is 13.0 Å². The molecule has 0 spiro atoms. The third kappa shape index (κ3) is 5.44. The molecule has 2 N–H and O–H groups in total. The Morgan fingerprint density at radius 1 is 1.32 bits per heavy atom. The van der Waals surface area contributed by atoms with Crippen LogP contribution in [0.15, 0.2) is 47.3 Å². The minimum absolute atomic E-state index is 0.0358. The van der Waals surface area contributed by atoms with E-state index in [4.69, 9.17) is 47.0 Å². The monoisotopic (exact) mass is 417 g/mol. The molecule has 5 nitrogen and oxygen atoms in total. The maximum Gasteiger partial charge on any atom is 0.256 e. The van der Waals surface area contributed by atoms with E-state index in [9.17, 15) is 9.59 Å². The van der Waals surface area contributed by atoms with Crippen LogP contribution in [0, 0.1) is 11.7 Å². The van der Waals surface area contributed by atoms with Crippen molar-refractivity contribution in [3.8, 4) is 0 Å². The average Bonchev–Trinajstić information content (AvgIpc) is 2.51. The van der Waals surface area contributed by atoms with Crippen LogP contribution in [0.2, 0.25) is 0 Å². The molecule has 9 heteroatoms. The first kappa shape index (κ1) is 19.7. The lowest BCUT2D eigenvalue weighted by atomic mass is 10.2. The first-order valence-electron chi connectivity index (χ1n) is 7.11. The number of halogens is 3. The Balaban J connectivity index is 2.31. The van der Waals surface area contributed by atoms with Gasteiger partial charge in [-0.1, -0.05) is 65.1 Å². The number of amides is 1. The number of hydrogen-bond acceptors (Lipinski definition) is 3. The zero-order chi connectivity index (χ0) is 18.6. The molecule has 1 unspecified atom stereocenters. The van der Waals surface area contributed by atoms with Crippen LogP contribution in [0.1, 0.15) is 17.4 Å². The maximum absolute atomic E-state index is 12.2. The molecule has 0 radical (unpaired) electrons. The van der Waals surface area contributed by atoms with Gasteiger partial charge < -0.3 is 10.3 Å². The lowest BCUT2D eigenvalue weighted by Crippen LogP contribution is -2.44. The number of aromatic nitrogens is 2. The van der Waals surface area contributed by atoms with E-state index in [2.05, 4.69) is 10.3 Å². The predicted molar refractivity (Wildman–Crippen MR) is 104 cm³/mol. The Bertz CT molecular complexity index is 870. The van der Waals surface area contributed by atoms with Crippen molar-refractivity contribution in [1.82, 2.24) is 14.9 Å². The van der Waals surface area contributed by atoms with E-state index >= 15 is 0 Å². The van der Waals surface area contributed by atoms with Crippen molar-refractivity contribution in [1.29, 1.82) is 0 Å². The Labute approximate surface area is 164 Å². The van der Waals surface area contributed by atoms with E-state index < -0.39 is 21.4 Å². The van der Waals surface area contributed by atoms with Crippen LogP contribution in [-0.2, 0) is 4.79 Å². The van der Waals surface area contributed by atoms with Crippen LogP contribution in [0.5, 0.6) is 0 Å². The fourth-order valence-electron chi connectivity index (χ4n) is 2.08. The largest absolute Gasteiger partial charge is 0.336 e. The fourth-order valence-corrected chi connectivity index (χ4v) is 2.89. The Hall–Kier alpha value is -1.60. The summed E-state index contributed by atoms with van der Waals surface area (Å²) in [6.07, 6.45) is 1.61. The van der Waals surface area contributed by atoms with E-state index in [1.165, 1.54) is 12.1 Å². The summed E-state index contributed by atoms with van der Waals surface area (Å²) in [5, 5.41) is 2.50. The summed E-state index contributed by atoms with van der Waals surface area (Å²) < 4.78 is -0.936. The summed E-state index contributed by atoms with van der Waals surface area (Å²) in [6, 6.07) is 10.5. The van der Waals surface area contributed by atoms with Crippen LogP contribution in [0.25, 0.3) is 6.08 Å². The van der Waals surface area contributed by atoms with Crippen molar-refractivity contribution < 1.29 is 4.79 Å². The second-order valence-corrected chi connectivity index (χ2v) is 7.92. The van der Waals surface area contributed by atoms with Gasteiger partial charge in [-0.25, -0.2) is 0 Å². The number of alkyl halides is 3. The molecule has 1 amide bonds. The molecule has 0 aliphatic rings. The zero-order valence-corrected chi connectivity index (χ0v) is 16.1. The van der Waals surface area contributed by atoms with Crippen LogP contribution in [0.3, 0.4) is 0 Å². The third-order valence-corrected chi connectivity index (χ3v) is 4.09. The number of hydrogen-bond donors (Lipinski definition) is 2. The van der Waals surface area contributed by atoms with Gasteiger partial charge in [-0.05, 0) is 30.8 Å². The highest BCUT2D eigenvalue weighted by molar-refractivity contribution is 7.71. The highest BCUT2D eigenvalue weighted by Crippen LogP contribution is 2.36. The minimum Gasteiger partial charge on any atom is -0.336 e. The number of nitrogens with one attached hydrogen (secondary N) is 2. The second kappa shape index (κ2) is 8.19. The molecule has 2 rings (SSSR count). The number of aryl methyl sites for hydroxylation is 1. The molecule has 2 aromatic rings. The molecular weight excluding hydrogens is 405 g/mol. The first-order valence-corrected chi connectivity index (χ1v) is 8.65. The van der Waals surface area contributed by atoms with Crippen molar-refractivity contribution >= 4 is 59.0 Å². The number of carbonyl (C=O) groups excluding carboxylic acids is 1. The summed E-state index contributed by atoms with van der Waals surface area (Å²) in [5.74, 6) is -0.540. The van der Waals surface area contributed by atoms with Gasteiger partial charge >= 0.3 is 0 Å². The molecule has 0 fully saturated rings. The van der Waals surface area contributed by atoms with Gasteiger partial charge in [0.05, 0.1) is 0 Å². The summed E-state index contributed by atoms with van der Waals surface area (Å²) >= 11 is 23.0. The van der Waals surface area contributed by atoms with Crippen LogP contribution in [-0.4, -0.2) is 19.3 Å². The van der Waals surface area contributed by atoms with Crippen molar-refractivity contribution in [2.75, 3.05) is 0 Å². The number of carbonyl (C=O) groups is 1. The fraction of sp³-hybridized carbons (Fsp3) is 0.188. The van der Waals surface area contributed by atoms with E-state index in [0.717, 1.165) is 10.1 Å². The van der Waals surface area contributed by atoms with Gasteiger partial charge in [0.25, 0.3) is 5.56 Å². The number of nitrogens with zero attached hydrogens (tertiary/aromatic N) is 1. The SMILES string of the molecule is Cc1cc(=O)n(C(NC(=O)C=Cc2ccccc2)C(Cl)(Cl)Cl)c(=S)[nH]1. The molecule has 25 heavy (non-hydrogen) atoms. The number of benzene rings is 1. The normalized spacial score (nSPS) is 13.0. The van der Waals surface area contributed by atoms with Crippen LogP contribution >= 0.6 is 47.0 Å². The molecule has 1 aromatic heterocycles. The van der Waals surface area contributed by atoms with Gasteiger partial charge in [-0.2, -0.15) is 0 Å². The van der Waals surface area contributed by atoms with Crippen LogP contribution in [0.4, 0.5) is 0 Å². The molecule has 0 aliphatic heterocycles. The van der Waals surface area contributed by atoms with E-state index in [-0.39, 0.29) is 4.77 Å². The quantitative estimate of drug-likeness (QED) is 0.449. The van der Waals surface area contributed by atoms with Crippen LogP contribution < -0.4 is 10.9 Å². The minimum atomic E-state index is -1.99. The molecule has 1 heterocycles. The van der Waals surface area contributed by atoms with Gasteiger partial charge in [0.2, 0.25) is 9.70 Å². The topological polar surface area (TPSA) is 66.9 Å². The maximum atomic E-state index is 12.2. The molecule has 132 valence electrons. The Kier molecular flexibility index (Phi) is 6.46. The first-order chi connectivity index (χ1) is 11.7. The molecular formula is C16H14Cl3N3O2S. The highest BCUT2D eigenvalue weighted by Gasteiger charge is 2.36. The van der Waals surface area contributed by atoms with Gasteiger partial charge in [0.15, 0.2) is 10.9 Å². The van der Waals surface area contributed by atoms with Crippen molar-refractivity contribution in [3.63, 3.8) is 0 Å². The molecule has 0 bridgehead atoms. The summed E-state index contributed by atoms with van der Waals surface area (Å²) in [5.41, 5.74) is 0.891. The summed E-state index contributed by atoms with van der Waals surface area (Å²) in [4.78, 5) is 27.2. The summed E-state index contributed by atoms with van der Waals surface area (Å²) in [7, 11) is 0. The predicted octanol–water partition coefficient (Wildman–Crippen LogP) is 3.91. The molecule has 0 saturated carbocycles. The van der Waals surface area contributed by atoms with Gasteiger partial charge in [-0.15, -0.1) is 0 Å². The van der Waals surface area contributed by atoms with Crippen molar-refractivity contribution in [3.05, 3.63) is 68.9 Å². The molecule has 1 aromatic carbocycles. The third-order valence-electron chi connectivity index (χ3n) is 3.17. The standard InChI is InChI=1S/C16H14Cl3N3O2S/c1-10-9-13(24)22(15(25)20-10)14(16(17,18)19)21-12(23)8-7-11-5-3-2-4-6-11/h2-9,14H,1H3,(H,20,25)(H,21,23). The molecule has 1 atom stereocenters. The summed E-state index contributed by atoms with van der Waals surface area (Å²) in [6.45, 7) is 1.67. The van der Waals surface area contributed by atoms with Gasteiger partial charge in [0.1, 0.15) is 0 Å². The Morgan fingerprint density at radius 2 is 1.96 bits per heavy atom. The van der Waals surface area contributed by atoms with Crippen molar-refractivity contribution in [2.24, 2.45) is 0 Å². The second-order valence-electron chi connectivity index (χ2n) is 5.16. The number of H-pyrrole nitrogens is 1. The van der Waals surface area contributed by atoms with Gasteiger partial charge in [0, 0.05) is 17.8 Å². The van der Waals surface area contributed by atoms with Crippen molar-refractivity contribution in [2.45, 2.75) is 16.9 Å². The number of aromatic amines is 1. The highest BCUT2D eigenvalue weighted by atomic mass is 35.6. The Morgan fingerprint density at radius 3 is 2.52 bits per heavy atom. The molecule has 0 saturated heterocycles.